The first-order valence-corrected chi connectivity index (χ1v) is 10.4. The van der Waals surface area contributed by atoms with Crippen LogP contribution in [0.4, 0.5) is 15.8 Å². The highest BCUT2D eigenvalue weighted by Gasteiger charge is 2.21. The van der Waals surface area contributed by atoms with Crippen molar-refractivity contribution >= 4 is 28.4 Å². The van der Waals surface area contributed by atoms with E-state index in [9.17, 15) is 9.18 Å². The van der Waals surface area contributed by atoms with E-state index in [0.717, 1.165) is 5.56 Å². The van der Waals surface area contributed by atoms with E-state index in [0.29, 0.717) is 60.0 Å². The molecule has 0 radical (unpaired) electrons. The molecule has 1 amide bonds. The molecule has 1 fully saturated rings. The van der Waals surface area contributed by atoms with Gasteiger partial charge in [0.1, 0.15) is 5.82 Å². The van der Waals surface area contributed by atoms with Crippen molar-refractivity contribution in [2.24, 2.45) is 0 Å². The van der Waals surface area contributed by atoms with E-state index in [2.05, 4.69) is 15.5 Å². The number of rotatable bonds is 4. The molecule has 2 aromatic carbocycles. The second kappa shape index (κ2) is 8.39. The second-order valence-electron chi connectivity index (χ2n) is 7.59. The molecule has 32 heavy (non-hydrogen) atoms. The SMILES string of the molecule is Cc1noc2nc(-c3ccccc3)cc(C(=O)Nc3ccc(N4CCOCC4)c(F)c3)c12. The lowest BCUT2D eigenvalue weighted by atomic mass is 10.0. The molecule has 8 heteroatoms. The molecule has 0 atom stereocenters. The molecule has 4 aromatic rings. The quantitative estimate of drug-likeness (QED) is 0.514. The Morgan fingerprint density at radius 2 is 1.88 bits per heavy atom. The monoisotopic (exact) mass is 432 g/mol. The van der Waals surface area contributed by atoms with Crippen LogP contribution in [0.5, 0.6) is 0 Å². The summed E-state index contributed by atoms with van der Waals surface area (Å²) in [5.41, 5.74) is 3.51. The van der Waals surface area contributed by atoms with Crippen LogP contribution in [0.15, 0.2) is 59.1 Å². The van der Waals surface area contributed by atoms with Gasteiger partial charge >= 0.3 is 0 Å². The lowest BCUT2D eigenvalue weighted by molar-refractivity contribution is 0.102. The van der Waals surface area contributed by atoms with Gasteiger partial charge in [-0.15, -0.1) is 0 Å². The summed E-state index contributed by atoms with van der Waals surface area (Å²) in [6.07, 6.45) is 0. The first-order valence-electron chi connectivity index (χ1n) is 10.4. The zero-order chi connectivity index (χ0) is 22.1. The van der Waals surface area contributed by atoms with Crippen LogP contribution in [0.1, 0.15) is 16.1 Å². The van der Waals surface area contributed by atoms with Gasteiger partial charge in [-0.2, -0.15) is 0 Å². The number of hydrogen-bond acceptors (Lipinski definition) is 6. The number of amides is 1. The minimum atomic E-state index is -0.393. The highest BCUT2D eigenvalue weighted by Crippen LogP contribution is 2.29. The van der Waals surface area contributed by atoms with Crippen molar-refractivity contribution in [3.05, 3.63) is 71.7 Å². The molecule has 0 bridgehead atoms. The van der Waals surface area contributed by atoms with Gasteiger partial charge in [0.15, 0.2) is 0 Å². The van der Waals surface area contributed by atoms with Crippen LogP contribution in [0, 0.1) is 12.7 Å². The Kier molecular flexibility index (Phi) is 5.28. The van der Waals surface area contributed by atoms with Crippen molar-refractivity contribution in [3.63, 3.8) is 0 Å². The predicted molar refractivity (Wildman–Crippen MR) is 119 cm³/mol. The van der Waals surface area contributed by atoms with Gasteiger partial charge in [0.25, 0.3) is 11.6 Å². The molecule has 2 aromatic heterocycles. The topological polar surface area (TPSA) is 80.5 Å². The van der Waals surface area contributed by atoms with Gasteiger partial charge < -0.3 is 19.5 Å². The number of nitrogens with zero attached hydrogens (tertiary/aromatic N) is 3. The Bertz CT molecular complexity index is 1280. The Balaban J connectivity index is 1.47. The van der Waals surface area contributed by atoms with Crippen molar-refractivity contribution in [1.82, 2.24) is 10.1 Å². The third kappa shape index (κ3) is 3.80. The van der Waals surface area contributed by atoms with E-state index in [1.54, 1.807) is 25.1 Å². The van der Waals surface area contributed by atoms with E-state index in [-0.39, 0.29) is 11.6 Å². The maximum atomic E-state index is 14.8. The fraction of sp³-hybridized carbons (Fsp3) is 0.208. The molecular formula is C24H21FN4O3. The van der Waals surface area contributed by atoms with Crippen LogP contribution in [0.3, 0.4) is 0 Å². The number of hydrogen-bond donors (Lipinski definition) is 1. The number of carbonyl (C=O) groups is 1. The van der Waals surface area contributed by atoms with Crippen molar-refractivity contribution in [1.29, 1.82) is 0 Å². The molecule has 1 saturated heterocycles. The number of halogens is 1. The number of aromatic nitrogens is 2. The Morgan fingerprint density at radius 1 is 1.09 bits per heavy atom. The van der Waals surface area contributed by atoms with Crippen LogP contribution < -0.4 is 10.2 Å². The lowest BCUT2D eigenvalue weighted by Gasteiger charge is -2.29. The lowest BCUT2D eigenvalue weighted by Crippen LogP contribution is -2.36. The molecule has 5 rings (SSSR count). The first kappa shape index (κ1) is 20.1. The van der Waals surface area contributed by atoms with Gasteiger partial charge in [-0.05, 0) is 31.2 Å². The van der Waals surface area contributed by atoms with Gasteiger partial charge in [0, 0.05) is 24.3 Å². The van der Waals surface area contributed by atoms with Crippen molar-refractivity contribution in [2.45, 2.75) is 6.92 Å². The third-order valence-corrected chi connectivity index (χ3v) is 5.49. The minimum Gasteiger partial charge on any atom is -0.378 e. The standard InChI is InChI=1S/C24H21FN4O3/c1-15-22-18(14-20(27-24(22)32-28-15)16-5-3-2-4-6-16)23(30)26-17-7-8-21(19(25)13-17)29-9-11-31-12-10-29/h2-8,13-14H,9-12H2,1H3,(H,26,30). The number of anilines is 2. The molecule has 0 saturated carbocycles. The average Bonchev–Trinajstić information content (AvgIpc) is 3.20. The van der Waals surface area contributed by atoms with E-state index in [4.69, 9.17) is 9.26 Å². The van der Waals surface area contributed by atoms with E-state index in [1.807, 2.05) is 35.2 Å². The molecule has 3 heterocycles. The summed E-state index contributed by atoms with van der Waals surface area (Å²) in [7, 11) is 0. The first-order chi connectivity index (χ1) is 15.6. The number of ether oxygens (including phenoxy) is 1. The van der Waals surface area contributed by atoms with Crippen LogP contribution >= 0.6 is 0 Å². The Morgan fingerprint density at radius 3 is 2.62 bits per heavy atom. The Hall–Kier alpha value is -3.78. The van der Waals surface area contributed by atoms with Gasteiger partial charge in [-0.25, -0.2) is 9.37 Å². The van der Waals surface area contributed by atoms with E-state index >= 15 is 0 Å². The number of benzene rings is 2. The molecule has 0 unspecified atom stereocenters. The Labute approximate surface area is 183 Å². The normalized spacial score (nSPS) is 14.0. The van der Waals surface area contributed by atoms with Gasteiger partial charge in [-0.1, -0.05) is 35.5 Å². The average molecular weight is 432 g/mol. The van der Waals surface area contributed by atoms with Crippen molar-refractivity contribution in [2.75, 3.05) is 36.5 Å². The van der Waals surface area contributed by atoms with E-state index < -0.39 is 5.82 Å². The molecule has 0 spiro atoms. The van der Waals surface area contributed by atoms with Crippen LogP contribution in [-0.2, 0) is 4.74 Å². The molecule has 1 N–H and O–H groups in total. The van der Waals surface area contributed by atoms with Crippen LogP contribution in [-0.4, -0.2) is 42.4 Å². The molecular weight excluding hydrogens is 411 g/mol. The van der Waals surface area contributed by atoms with Crippen molar-refractivity contribution < 1.29 is 18.4 Å². The highest BCUT2D eigenvalue weighted by molar-refractivity contribution is 6.13. The zero-order valence-corrected chi connectivity index (χ0v) is 17.5. The number of aryl methyl sites for hydroxylation is 1. The molecule has 162 valence electrons. The summed E-state index contributed by atoms with van der Waals surface area (Å²) in [6.45, 7) is 4.15. The third-order valence-electron chi connectivity index (χ3n) is 5.49. The largest absolute Gasteiger partial charge is 0.378 e. The van der Waals surface area contributed by atoms with Gasteiger partial charge in [-0.3, -0.25) is 4.79 Å². The summed E-state index contributed by atoms with van der Waals surface area (Å²) in [5, 5.41) is 7.30. The highest BCUT2D eigenvalue weighted by atomic mass is 19.1. The van der Waals surface area contributed by atoms with Crippen LogP contribution in [0.25, 0.3) is 22.4 Å². The smallest absolute Gasteiger partial charge is 0.259 e. The number of pyridine rings is 1. The minimum absolute atomic E-state index is 0.280. The number of carbonyl (C=O) groups excluding carboxylic acids is 1. The number of fused-ring (bicyclic) bond motifs is 1. The summed E-state index contributed by atoms with van der Waals surface area (Å²) in [6, 6.07) is 15.9. The molecule has 7 nitrogen and oxygen atoms in total. The molecule has 1 aliphatic rings. The predicted octanol–water partition coefficient (Wildman–Crippen LogP) is 4.43. The summed E-state index contributed by atoms with van der Waals surface area (Å²) in [5.74, 6) is -0.782. The van der Waals surface area contributed by atoms with Crippen LogP contribution in [0.2, 0.25) is 0 Å². The van der Waals surface area contributed by atoms with Crippen molar-refractivity contribution in [3.8, 4) is 11.3 Å². The molecule has 1 aliphatic heterocycles. The maximum absolute atomic E-state index is 14.8. The second-order valence-corrected chi connectivity index (χ2v) is 7.59. The zero-order valence-electron chi connectivity index (χ0n) is 17.5. The van der Waals surface area contributed by atoms with Gasteiger partial charge in [0.05, 0.1) is 41.2 Å². The maximum Gasteiger partial charge on any atom is 0.259 e. The molecule has 0 aliphatic carbocycles. The summed E-state index contributed by atoms with van der Waals surface area (Å²) in [4.78, 5) is 19.6. The fourth-order valence-corrected chi connectivity index (χ4v) is 3.87. The fourth-order valence-electron chi connectivity index (χ4n) is 3.87. The van der Waals surface area contributed by atoms with E-state index in [1.165, 1.54) is 6.07 Å². The summed E-state index contributed by atoms with van der Waals surface area (Å²) >= 11 is 0. The summed E-state index contributed by atoms with van der Waals surface area (Å²) < 4.78 is 25.4. The van der Waals surface area contributed by atoms with Gasteiger partial charge in [0.2, 0.25) is 0 Å². The number of nitrogens with one attached hydrogen (secondary N) is 1. The number of morpholine rings is 1.